The Labute approximate surface area is 132 Å². The van der Waals surface area contributed by atoms with Gasteiger partial charge in [0.1, 0.15) is 0 Å². The molecule has 2 aromatic rings. The Balaban J connectivity index is 0.00000161. The highest BCUT2D eigenvalue weighted by atomic mass is 35.5. The number of nitrogens with one attached hydrogen (secondary N) is 1. The summed E-state index contributed by atoms with van der Waals surface area (Å²) in [6, 6.07) is 11.0. The van der Waals surface area contributed by atoms with E-state index in [9.17, 15) is 0 Å². The summed E-state index contributed by atoms with van der Waals surface area (Å²) in [6.07, 6.45) is 6.60. The lowest BCUT2D eigenvalue weighted by atomic mass is 10.1. The van der Waals surface area contributed by atoms with E-state index in [1.54, 1.807) is 0 Å². The van der Waals surface area contributed by atoms with Crippen LogP contribution in [0.1, 0.15) is 18.4 Å². The molecule has 0 saturated carbocycles. The van der Waals surface area contributed by atoms with Gasteiger partial charge in [0.15, 0.2) is 0 Å². The number of para-hydroxylation sites is 1. The van der Waals surface area contributed by atoms with Crippen molar-refractivity contribution in [2.75, 3.05) is 20.1 Å². The van der Waals surface area contributed by atoms with Crippen LogP contribution in [0.3, 0.4) is 0 Å². The molecule has 0 spiro atoms. The summed E-state index contributed by atoms with van der Waals surface area (Å²) < 4.78 is 1.95. The van der Waals surface area contributed by atoms with Crippen LogP contribution in [-0.2, 0) is 6.54 Å². The molecule has 0 unspecified atom stereocenters. The van der Waals surface area contributed by atoms with E-state index < -0.39 is 0 Å². The largest absolute Gasteiger partial charge is 0.317 e. The van der Waals surface area contributed by atoms with Crippen LogP contribution in [0.25, 0.3) is 5.69 Å². The Morgan fingerprint density at radius 1 is 1.19 bits per heavy atom. The molecule has 1 aliphatic heterocycles. The predicted octanol–water partition coefficient (Wildman–Crippen LogP) is 2.48. The van der Waals surface area contributed by atoms with E-state index in [1.807, 2.05) is 29.1 Å². The van der Waals surface area contributed by atoms with Gasteiger partial charge in [-0.1, -0.05) is 18.2 Å². The summed E-state index contributed by atoms with van der Waals surface area (Å²) >= 11 is 0. The van der Waals surface area contributed by atoms with Crippen molar-refractivity contribution < 1.29 is 0 Å². The summed E-state index contributed by atoms with van der Waals surface area (Å²) in [5.41, 5.74) is 2.41. The number of piperidine rings is 1. The zero-order valence-corrected chi connectivity index (χ0v) is 13.2. The van der Waals surface area contributed by atoms with Crippen molar-refractivity contribution in [3.05, 3.63) is 48.3 Å². The topological polar surface area (TPSA) is 33.1 Å². The van der Waals surface area contributed by atoms with E-state index in [1.165, 1.54) is 31.5 Å². The van der Waals surface area contributed by atoms with Gasteiger partial charge in [0.2, 0.25) is 0 Å². The minimum atomic E-state index is 0. The van der Waals surface area contributed by atoms with Gasteiger partial charge in [-0.25, -0.2) is 4.68 Å². The van der Waals surface area contributed by atoms with Gasteiger partial charge in [-0.05, 0) is 45.1 Å². The Morgan fingerprint density at radius 3 is 2.57 bits per heavy atom. The lowest BCUT2D eigenvalue weighted by molar-refractivity contribution is 0.194. The van der Waals surface area contributed by atoms with Crippen LogP contribution < -0.4 is 5.32 Å². The van der Waals surface area contributed by atoms with Crippen LogP contribution >= 0.6 is 12.4 Å². The van der Waals surface area contributed by atoms with E-state index in [0.29, 0.717) is 6.04 Å². The molecule has 1 aromatic carbocycles. The smallest absolute Gasteiger partial charge is 0.0645 e. The van der Waals surface area contributed by atoms with E-state index in [4.69, 9.17) is 0 Å². The highest BCUT2D eigenvalue weighted by Gasteiger charge is 2.18. The first kappa shape index (κ1) is 16.0. The summed E-state index contributed by atoms with van der Waals surface area (Å²) in [6.45, 7) is 3.34. The van der Waals surface area contributed by atoms with Gasteiger partial charge < -0.3 is 5.32 Å². The monoisotopic (exact) mass is 306 g/mol. The van der Waals surface area contributed by atoms with Gasteiger partial charge >= 0.3 is 0 Å². The van der Waals surface area contributed by atoms with Gasteiger partial charge in [0.25, 0.3) is 0 Å². The third-order valence-electron chi connectivity index (χ3n) is 4.06. The predicted molar refractivity (Wildman–Crippen MR) is 88.2 cm³/mol. The lowest BCUT2D eigenvalue weighted by Crippen LogP contribution is -2.40. The molecule has 1 aromatic heterocycles. The molecule has 0 amide bonds. The van der Waals surface area contributed by atoms with Gasteiger partial charge in [0.05, 0.1) is 11.9 Å². The summed E-state index contributed by atoms with van der Waals surface area (Å²) in [5.74, 6) is 0. The molecular formula is C16H23ClN4. The Bertz CT molecular complexity index is 532. The molecule has 5 heteroatoms. The molecule has 0 radical (unpaired) electrons. The fourth-order valence-electron chi connectivity index (χ4n) is 2.80. The van der Waals surface area contributed by atoms with E-state index in [0.717, 1.165) is 12.2 Å². The number of aromatic nitrogens is 2. The first-order chi connectivity index (χ1) is 9.85. The fourth-order valence-corrected chi connectivity index (χ4v) is 2.80. The molecule has 114 valence electrons. The lowest BCUT2D eigenvalue weighted by Gasteiger charge is -2.31. The quantitative estimate of drug-likeness (QED) is 0.942. The Morgan fingerprint density at radius 2 is 1.90 bits per heavy atom. The summed E-state index contributed by atoms with van der Waals surface area (Å²) in [4.78, 5) is 2.51. The highest BCUT2D eigenvalue weighted by Crippen LogP contribution is 2.14. The molecular weight excluding hydrogens is 284 g/mol. The maximum Gasteiger partial charge on any atom is 0.0645 e. The standard InChI is InChI=1S/C16H22N4.ClH/c1-17-15-7-9-19(10-8-15)12-14-11-18-20(13-14)16-5-3-2-4-6-16;/h2-6,11,13,15,17H,7-10,12H2,1H3;1H. The zero-order chi connectivity index (χ0) is 13.8. The van der Waals surface area contributed by atoms with Crippen molar-refractivity contribution in [1.82, 2.24) is 20.0 Å². The van der Waals surface area contributed by atoms with Gasteiger partial charge in [0, 0.05) is 24.3 Å². The highest BCUT2D eigenvalue weighted by molar-refractivity contribution is 5.85. The molecule has 1 aliphatic rings. The summed E-state index contributed by atoms with van der Waals surface area (Å²) in [7, 11) is 2.06. The van der Waals surface area contributed by atoms with Crippen LogP contribution in [-0.4, -0.2) is 40.9 Å². The Kier molecular flexibility index (Phi) is 5.79. The van der Waals surface area contributed by atoms with E-state index >= 15 is 0 Å². The molecule has 0 atom stereocenters. The second-order valence-corrected chi connectivity index (χ2v) is 5.47. The van der Waals surface area contributed by atoms with Crippen molar-refractivity contribution in [3.8, 4) is 5.69 Å². The third kappa shape index (κ3) is 4.06. The zero-order valence-electron chi connectivity index (χ0n) is 12.4. The van der Waals surface area contributed by atoms with E-state index in [-0.39, 0.29) is 12.4 Å². The molecule has 0 aliphatic carbocycles. The van der Waals surface area contributed by atoms with Crippen LogP contribution in [0.2, 0.25) is 0 Å². The molecule has 1 fully saturated rings. The molecule has 0 bridgehead atoms. The number of hydrogen-bond acceptors (Lipinski definition) is 3. The van der Waals surface area contributed by atoms with Crippen molar-refractivity contribution in [2.45, 2.75) is 25.4 Å². The van der Waals surface area contributed by atoms with Crippen molar-refractivity contribution >= 4 is 12.4 Å². The summed E-state index contributed by atoms with van der Waals surface area (Å²) in [5, 5.41) is 7.83. The maximum absolute atomic E-state index is 4.46. The minimum absolute atomic E-state index is 0. The van der Waals surface area contributed by atoms with E-state index in [2.05, 4.69) is 40.7 Å². The fraction of sp³-hybridized carbons (Fsp3) is 0.438. The second-order valence-electron chi connectivity index (χ2n) is 5.47. The molecule has 4 nitrogen and oxygen atoms in total. The molecule has 1 N–H and O–H groups in total. The third-order valence-corrected chi connectivity index (χ3v) is 4.06. The first-order valence-electron chi connectivity index (χ1n) is 7.34. The number of nitrogens with zero attached hydrogens (tertiary/aromatic N) is 3. The molecule has 3 rings (SSSR count). The van der Waals surface area contributed by atoms with Crippen molar-refractivity contribution in [2.24, 2.45) is 0 Å². The van der Waals surface area contributed by atoms with Gasteiger partial charge in [-0.3, -0.25) is 4.90 Å². The number of likely N-dealkylation sites (tertiary alicyclic amines) is 1. The minimum Gasteiger partial charge on any atom is -0.317 e. The average molecular weight is 307 g/mol. The van der Waals surface area contributed by atoms with Crippen LogP contribution in [0, 0.1) is 0 Å². The average Bonchev–Trinajstić information content (AvgIpc) is 2.97. The van der Waals surface area contributed by atoms with Crippen molar-refractivity contribution in [3.63, 3.8) is 0 Å². The van der Waals surface area contributed by atoms with Gasteiger partial charge in [-0.2, -0.15) is 5.10 Å². The number of benzene rings is 1. The number of rotatable bonds is 4. The van der Waals surface area contributed by atoms with Crippen LogP contribution in [0.15, 0.2) is 42.7 Å². The Hall–Kier alpha value is -1.36. The molecule has 1 saturated heterocycles. The molecule has 2 heterocycles. The SMILES string of the molecule is CNC1CCN(Cc2cnn(-c3ccccc3)c2)CC1.Cl. The van der Waals surface area contributed by atoms with Crippen LogP contribution in [0.5, 0.6) is 0 Å². The number of halogens is 1. The normalized spacial score (nSPS) is 16.6. The first-order valence-corrected chi connectivity index (χ1v) is 7.34. The molecule has 21 heavy (non-hydrogen) atoms. The number of hydrogen-bond donors (Lipinski definition) is 1. The maximum atomic E-state index is 4.46. The second kappa shape index (κ2) is 7.59. The van der Waals surface area contributed by atoms with Crippen LogP contribution in [0.4, 0.5) is 0 Å². The van der Waals surface area contributed by atoms with Crippen molar-refractivity contribution in [1.29, 1.82) is 0 Å². The van der Waals surface area contributed by atoms with Gasteiger partial charge in [-0.15, -0.1) is 12.4 Å².